The Morgan fingerprint density at radius 2 is 0.667 bits per heavy atom. The molecule has 0 aliphatic rings. The fourth-order valence-electron chi connectivity index (χ4n) is 2.00. The number of hydrogen-bond acceptors (Lipinski definition) is 0. The second-order valence-electron chi connectivity index (χ2n) is 10.0. The van der Waals surface area contributed by atoms with Gasteiger partial charge in [-0.3, -0.25) is 0 Å². The molecule has 1 heteroatoms. The van der Waals surface area contributed by atoms with Crippen molar-refractivity contribution in [3.8, 4) is 0 Å². The molecule has 0 nitrogen and oxygen atoms in total. The van der Waals surface area contributed by atoms with Gasteiger partial charge < -0.3 is 23.3 Å². The molecule has 1 radical (unpaired) electrons. The van der Waals surface area contributed by atoms with Crippen LogP contribution in [0.25, 0.3) is 0 Å². The average molecular weight is 365 g/mol. The first-order valence-corrected chi connectivity index (χ1v) is 7.75. The maximum atomic E-state index is 3.74. The fraction of sp³-hybridized carbons (Fsp3) is 0.800. The molecule has 0 fully saturated rings. The van der Waals surface area contributed by atoms with Gasteiger partial charge in [-0.15, -0.1) is 21.7 Å². The van der Waals surface area contributed by atoms with Crippen LogP contribution in [0.1, 0.15) is 83.1 Å². The Kier molecular flexibility index (Phi) is 8.44. The van der Waals surface area contributed by atoms with Gasteiger partial charge in [-0.1, -0.05) is 83.1 Å². The van der Waals surface area contributed by atoms with E-state index in [9.17, 15) is 0 Å². The first-order chi connectivity index (χ1) is 8.43. The van der Waals surface area contributed by atoms with Crippen LogP contribution in [-0.4, -0.2) is 0 Å². The Hall–Kier alpha value is 0.584. The second kappa shape index (κ2) is 7.44. The van der Waals surface area contributed by atoms with E-state index in [4.69, 9.17) is 0 Å². The van der Waals surface area contributed by atoms with E-state index in [2.05, 4.69) is 95.2 Å². The van der Waals surface area contributed by atoms with E-state index in [1.807, 2.05) is 0 Å². The van der Waals surface area contributed by atoms with Crippen molar-refractivity contribution in [1.82, 2.24) is 0 Å². The minimum atomic E-state index is 0. The van der Waals surface area contributed by atoms with Crippen LogP contribution in [0.15, 0.2) is 11.1 Å². The van der Waals surface area contributed by atoms with Crippen LogP contribution in [0.3, 0.4) is 0 Å². The molecule has 121 valence electrons. The Morgan fingerprint density at radius 1 is 0.476 bits per heavy atom. The fourth-order valence-corrected chi connectivity index (χ4v) is 2.00. The van der Waals surface area contributed by atoms with Crippen molar-refractivity contribution in [3.63, 3.8) is 0 Å². The molecule has 0 aromatic rings. The van der Waals surface area contributed by atoms with Crippen LogP contribution >= 0.6 is 0 Å². The van der Waals surface area contributed by atoms with Gasteiger partial charge in [-0.25, -0.2) is 0 Å². The molecule has 0 aromatic heterocycles. The number of hydrogen-bond donors (Lipinski definition) is 0. The molecule has 0 N–H and O–H groups in total. The van der Waals surface area contributed by atoms with Gasteiger partial charge in [0.25, 0.3) is 0 Å². The summed E-state index contributed by atoms with van der Waals surface area (Å²) >= 11 is 0. The van der Waals surface area contributed by atoms with E-state index < -0.39 is 0 Å². The van der Waals surface area contributed by atoms with Gasteiger partial charge in [0.2, 0.25) is 0 Å². The molecule has 21 heavy (non-hydrogen) atoms. The van der Waals surface area contributed by atoms with Gasteiger partial charge in [-0.05, 0) is 0 Å². The molecule has 0 amide bonds. The van der Waals surface area contributed by atoms with Gasteiger partial charge in [-0.2, -0.15) is 0 Å². The largest absolute Gasteiger partial charge is 0.367 e. The van der Waals surface area contributed by atoms with Crippen molar-refractivity contribution in [2.75, 3.05) is 0 Å². The zero-order valence-corrected chi connectivity index (χ0v) is 19.4. The monoisotopic (exact) mass is 365 g/mol. The van der Waals surface area contributed by atoms with Gasteiger partial charge in [0.1, 0.15) is 0 Å². The first-order valence-electron chi connectivity index (χ1n) is 7.75. The standard InChI is InChI=1S/C20H36.Y/c1-17(2,3)13-15(19(7,8)9)16(20(10,11)12)14-18(4,5)6;/h1-12H3;/q-2;. The van der Waals surface area contributed by atoms with Crippen molar-refractivity contribution in [3.05, 3.63) is 23.3 Å². The molecule has 0 bridgehead atoms. The summed E-state index contributed by atoms with van der Waals surface area (Å²) < 4.78 is 0. The molecular formula is C20H36Y-2. The van der Waals surface area contributed by atoms with Crippen molar-refractivity contribution in [2.45, 2.75) is 83.1 Å². The van der Waals surface area contributed by atoms with Gasteiger partial charge in [0, 0.05) is 32.7 Å². The summed E-state index contributed by atoms with van der Waals surface area (Å²) in [4.78, 5) is 0. The summed E-state index contributed by atoms with van der Waals surface area (Å²) in [5.41, 5.74) is 2.89. The van der Waals surface area contributed by atoms with Gasteiger partial charge in [0.05, 0.1) is 0 Å². The van der Waals surface area contributed by atoms with Crippen LogP contribution in [-0.2, 0) is 32.7 Å². The zero-order valence-electron chi connectivity index (χ0n) is 16.6. The van der Waals surface area contributed by atoms with E-state index in [0.717, 1.165) is 0 Å². The van der Waals surface area contributed by atoms with Crippen LogP contribution in [0.5, 0.6) is 0 Å². The average Bonchev–Trinajstić information content (AvgIpc) is 2.04. The van der Waals surface area contributed by atoms with Crippen LogP contribution in [0.2, 0.25) is 0 Å². The molecule has 0 heterocycles. The minimum absolute atomic E-state index is 0. The van der Waals surface area contributed by atoms with Gasteiger partial charge in [0.15, 0.2) is 0 Å². The Balaban J connectivity index is 0. The van der Waals surface area contributed by atoms with Gasteiger partial charge >= 0.3 is 0 Å². The molecule has 0 aromatic carbocycles. The molecule has 0 unspecified atom stereocenters. The zero-order chi connectivity index (χ0) is 16.6. The molecule has 0 spiro atoms. The molecule has 0 aliphatic heterocycles. The van der Waals surface area contributed by atoms with E-state index in [1.54, 1.807) is 0 Å². The molecule has 0 saturated heterocycles. The smallest absolute Gasteiger partial charge is 0 e. The van der Waals surface area contributed by atoms with E-state index in [0.29, 0.717) is 0 Å². The minimum Gasteiger partial charge on any atom is -0.367 e. The molecule has 0 rings (SSSR count). The summed E-state index contributed by atoms with van der Waals surface area (Å²) in [5, 5.41) is 0. The normalized spacial score (nSPS) is 15.8. The summed E-state index contributed by atoms with van der Waals surface area (Å²) in [6, 6.07) is 0. The van der Waals surface area contributed by atoms with E-state index in [1.165, 1.54) is 11.1 Å². The van der Waals surface area contributed by atoms with Crippen LogP contribution < -0.4 is 0 Å². The van der Waals surface area contributed by atoms with Crippen molar-refractivity contribution in [1.29, 1.82) is 0 Å². The first kappa shape index (κ1) is 23.8. The summed E-state index contributed by atoms with van der Waals surface area (Å²) in [7, 11) is 0. The summed E-state index contributed by atoms with van der Waals surface area (Å²) in [5.74, 6) is 0. The molecular weight excluding hydrogens is 329 g/mol. The molecule has 0 atom stereocenters. The van der Waals surface area contributed by atoms with Crippen molar-refractivity contribution >= 4 is 0 Å². The van der Waals surface area contributed by atoms with Crippen LogP contribution in [0, 0.1) is 33.8 Å². The Labute approximate surface area is 160 Å². The third-order valence-corrected chi connectivity index (χ3v) is 2.75. The maximum absolute atomic E-state index is 3.74. The SMILES string of the molecule is CC(C)(C)[C-]=C(C(=[C-]C(C)(C)C)C(C)(C)C)C(C)(C)C.[Y]. The Morgan fingerprint density at radius 3 is 0.762 bits per heavy atom. The predicted octanol–water partition coefficient (Wildman–Crippen LogP) is 6.63. The third kappa shape index (κ3) is 10.1. The number of allylic oxidation sites excluding steroid dienone is 4. The topological polar surface area (TPSA) is 0 Å². The van der Waals surface area contributed by atoms with Crippen molar-refractivity contribution < 1.29 is 32.7 Å². The maximum Gasteiger partial charge on any atom is 0 e. The second-order valence-corrected chi connectivity index (χ2v) is 10.0. The van der Waals surface area contributed by atoms with Crippen molar-refractivity contribution in [2.24, 2.45) is 21.7 Å². The molecule has 0 aliphatic carbocycles. The summed E-state index contributed by atoms with van der Waals surface area (Å²) in [6.45, 7) is 27.0. The van der Waals surface area contributed by atoms with E-state index in [-0.39, 0.29) is 54.4 Å². The quantitative estimate of drug-likeness (QED) is 0.361. The van der Waals surface area contributed by atoms with E-state index >= 15 is 0 Å². The summed E-state index contributed by atoms with van der Waals surface area (Å²) in [6.07, 6.45) is 7.49. The predicted molar refractivity (Wildman–Crippen MR) is 91.3 cm³/mol. The number of rotatable bonds is 1. The molecule has 0 saturated carbocycles. The third-order valence-electron chi connectivity index (χ3n) is 2.75. The Bertz CT molecular complexity index is 342. The van der Waals surface area contributed by atoms with Crippen LogP contribution in [0.4, 0.5) is 0 Å².